The first-order chi connectivity index (χ1) is 53.8. The van der Waals surface area contributed by atoms with E-state index < -0.39 is 23.9 Å². The third-order valence-corrected chi connectivity index (χ3v) is 21.1. The largest absolute Gasteiger partial charge is 0.464 e. The van der Waals surface area contributed by atoms with Crippen LogP contribution in [0.25, 0.3) is 0 Å². The lowest BCUT2D eigenvalue weighted by atomic mass is 10.1. The molecule has 0 atom stereocenters. The average molecular weight is 1670 g/mol. The topological polar surface area (TPSA) is 252 Å². The van der Waals surface area contributed by atoms with Gasteiger partial charge in [0.15, 0.2) is 0 Å². The van der Waals surface area contributed by atoms with Crippen LogP contribution in [0.2, 0.25) is 0 Å². The highest BCUT2D eigenvalue weighted by molar-refractivity contribution is 14.0. The minimum Gasteiger partial charge on any atom is -0.464 e. The zero-order valence-electron chi connectivity index (χ0n) is 70.5. The molecular weight excluding hydrogens is 1530 g/mol. The molecule has 8 rings (SSSR count). The van der Waals surface area contributed by atoms with E-state index in [-0.39, 0.29) is 29.9 Å². The van der Waals surface area contributed by atoms with Crippen molar-refractivity contribution in [3.05, 3.63) is 145 Å². The molecule has 0 bridgehead atoms. The Bertz CT molecular complexity index is 3410. The van der Waals surface area contributed by atoms with Gasteiger partial charge in [-0.2, -0.15) is 0 Å². The van der Waals surface area contributed by atoms with Crippen molar-refractivity contribution >= 4 is 53.8 Å². The molecule has 0 spiro atoms. The first-order valence-electron chi connectivity index (χ1n) is 40.8. The Morgan fingerprint density at radius 1 is 0.259 bits per heavy atom. The molecule has 3 aliphatic heterocycles. The number of aromatic nitrogens is 5. The van der Waals surface area contributed by atoms with Gasteiger partial charge in [0.25, 0.3) is 0 Å². The van der Waals surface area contributed by atoms with Gasteiger partial charge in [-0.15, -0.1) is 24.0 Å². The number of rotatable bonds is 25. The minimum atomic E-state index is -0.397. The third-order valence-electron chi connectivity index (χ3n) is 21.1. The molecule has 112 heavy (non-hydrogen) atoms. The van der Waals surface area contributed by atoms with Crippen molar-refractivity contribution < 1.29 is 47.7 Å². The van der Waals surface area contributed by atoms with Crippen LogP contribution in [0.4, 0.5) is 0 Å². The maximum absolute atomic E-state index is 12.2. The predicted octanol–water partition coefficient (Wildman–Crippen LogP) is 7.64. The fourth-order valence-electron chi connectivity index (χ4n) is 13.8. The molecule has 0 unspecified atom stereocenters. The van der Waals surface area contributed by atoms with E-state index in [0.717, 1.165) is 285 Å². The molecule has 8 heterocycles. The minimum absolute atomic E-state index is 0. The fourth-order valence-corrected chi connectivity index (χ4v) is 13.8. The van der Waals surface area contributed by atoms with Gasteiger partial charge >= 0.3 is 29.8 Å². The maximum atomic E-state index is 12.2. The van der Waals surface area contributed by atoms with Crippen molar-refractivity contribution in [2.45, 2.75) is 134 Å². The average Bonchev–Trinajstić information content (AvgIpc) is 0.870. The molecule has 0 aromatic carbocycles. The van der Waals surface area contributed by atoms with Gasteiger partial charge in [0.05, 0.1) is 64.0 Å². The van der Waals surface area contributed by atoms with Crippen molar-refractivity contribution in [1.29, 1.82) is 0 Å². The molecule has 28 heteroatoms. The lowest BCUT2D eigenvalue weighted by molar-refractivity contribution is 0.0584. The standard InChI is InChI=1S/C32H50N6O4.C30H46N6O4.C22H39N5O2.HI/c1-7-25-19-27(33-29(21-25)31(39)41-5)23-37-15-11-35(9-3)13-17-38(18-14-36(10-4)12-16-37)24-28-20-26(8-2)22-30(34-28)32(40)42-6;1-6-23-17-25(32-27(19-23)29(37)39-4)21-35-11-9-31-10-12-36(16-14-34(8-3)13-15-35)22-26-18-24(7-2)20-28(33-26)30(38)40-5;1-5-19-16-20(24-21(17-19)22(28)29-4)18-27-14-12-25(6-2)10-8-23-9-11-26(7-3)13-15-27;/h19-22H,7-18,23-24H2,1-6H3;17-20,31H,6-16,21-22H2,1-5H3;16-17,23H,5-15,18H2,1-4H3;1H. The van der Waals surface area contributed by atoms with E-state index >= 15 is 0 Å². The summed E-state index contributed by atoms with van der Waals surface area (Å²) in [6.45, 7) is 53.0. The van der Waals surface area contributed by atoms with Gasteiger partial charge < -0.3 is 58.8 Å². The molecule has 3 aliphatic rings. The van der Waals surface area contributed by atoms with Crippen molar-refractivity contribution in [1.82, 2.24) is 84.6 Å². The monoisotopic (exact) mass is 1670 g/mol. The second kappa shape index (κ2) is 53.5. The molecule has 3 fully saturated rings. The highest BCUT2D eigenvalue weighted by Crippen LogP contribution is 2.19. The number of methoxy groups -OCH3 is 5. The summed E-state index contributed by atoms with van der Waals surface area (Å²) in [7, 11) is 6.99. The van der Waals surface area contributed by atoms with Crippen molar-refractivity contribution in [3.63, 3.8) is 0 Å². The molecule has 5 aromatic rings. The van der Waals surface area contributed by atoms with Crippen LogP contribution in [-0.4, -0.2) is 329 Å². The Morgan fingerprint density at radius 2 is 0.411 bits per heavy atom. The molecule has 0 aliphatic carbocycles. The number of carbonyl (C=O) groups is 5. The molecule has 0 saturated carbocycles. The summed E-state index contributed by atoms with van der Waals surface area (Å²) in [6, 6.07) is 19.7. The Morgan fingerprint density at radius 3 is 0.571 bits per heavy atom. The van der Waals surface area contributed by atoms with Gasteiger partial charge in [-0.3, -0.25) is 24.5 Å². The molecule has 3 saturated heterocycles. The Kier molecular flexibility index (Phi) is 45.8. The van der Waals surface area contributed by atoms with E-state index in [1.165, 1.54) is 35.5 Å². The first kappa shape index (κ1) is 95.9. The number of ether oxygens (including phenoxy) is 5. The van der Waals surface area contributed by atoms with Gasteiger partial charge in [0.2, 0.25) is 0 Å². The summed E-state index contributed by atoms with van der Waals surface area (Å²) in [6.07, 6.45) is 4.23. The van der Waals surface area contributed by atoms with Crippen molar-refractivity contribution in [3.8, 4) is 0 Å². The number of nitrogens with one attached hydrogen (secondary N) is 2. The number of carbonyl (C=O) groups excluding carboxylic acids is 5. The number of aryl methyl sites for hydroxylation is 5. The summed E-state index contributed by atoms with van der Waals surface area (Å²) in [5, 5.41) is 7.16. The lowest BCUT2D eigenvalue weighted by Gasteiger charge is -2.33. The number of nitrogens with zero attached hydrogens (tertiary/aromatic N) is 15. The van der Waals surface area contributed by atoms with Crippen LogP contribution in [0.15, 0.2) is 60.7 Å². The van der Waals surface area contributed by atoms with Crippen LogP contribution in [0, 0.1) is 0 Å². The van der Waals surface area contributed by atoms with Gasteiger partial charge in [-0.1, -0.05) is 69.2 Å². The zero-order chi connectivity index (χ0) is 80.5. The third kappa shape index (κ3) is 33.7. The van der Waals surface area contributed by atoms with Crippen LogP contribution < -0.4 is 10.6 Å². The van der Waals surface area contributed by atoms with Crippen molar-refractivity contribution in [2.75, 3.05) is 225 Å². The quantitative estimate of drug-likeness (QED) is 0.0323. The number of esters is 5. The van der Waals surface area contributed by atoms with Crippen LogP contribution in [0.3, 0.4) is 0 Å². The first-order valence-corrected chi connectivity index (χ1v) is 40.8. The number of pyridine rings is 5. The molecule has 5 aromatic heterocycles. The Labute approximate surface area is 687 Å². The summed E-state index contributed by atoms with van der Waals surface area (Å²) < 4.78 is 24.6. The number of halogens is 1. The highest BCUT2D eigenvalue weighted by atomic mass is 127. The van der Waals surface area contributed by atoms with E-state index in [2.05, 4.69) is 184 Å². The highest BCUT2D eigenvalue weighted by Gasteiger charge is 2.24. The van der Waals surface area contributed by atoms with E-state index in [0.29, 0.717) is 54.6 Å². The second-order valence-electron chi connectivity index (χ2n) is 28.5. The molecule has 2 N–H and O–H groups in total. The Balaban J connectivity index is 0.000000304. The predicted molar refractivity (Wildman–Crippen MR) is 453 cm³/mol. The summed E-state index contributed by atoms with van der Waals surface area (Å²) in [5.41, 5.74) is 12.0. The smallest absolute Gasteiger partial charge is 0.356 e. The maximum Gasteiger partial charge on any atom is 0.356 e. The molecular formula is C84H136IN17O10. The van der Waals surface area contributed by atoms with E-state index in [9.17, 15) is 24.0 Å². The summed E-state index contributed by atoms with van der Waals surface area (Å²) >= 11 is 0. The van der Waals surface area contributed by atoms with Crippen LogP contribution in [0.5, 0.6) is 0 Å². The second-order valence-corrected chi connectivity index (χ2v) is 28.5. The van der Waals surface area contributed by atoms with Gasteiger partial charge in [0.1, 0.15) is 28.5 Å². The molecule has 27 nitrogen and oxygen atoms in total. The fraction of sp³-hybridized carbons (Fsp3) is 0.643. The van der Waals surface area contributed by atoms with E-state index in [1.54, 1.807) is 0 Å². The number of hydrogen-bond acceptors (Lipinski definition) is 27. The van der Waals surface area contributed by atoms with Gasteiger partial charge in [-0.05, 0) is 153 Å². The number of hydrogen-bond donors (Lipinski definition) is 2. The Hall–Kier alpha value is -6.65. The molecule has 0 radical (unpaired) electrons. The summed E-state index contributed by atoms with van der Waals surface area (Å²) in [4.78, 5) is 109. The lowest BCUT2D eigenvalue weighted by Crippen LogP contribution is -2.45. The van der Waals surface area contributed by atoms with E-state index in [1.807, 2.05) is 30.3 Å². The van der Waals surface area contributed by atoms with Gasteiger partial charge in [-0.25, -0.2) is 48.9 Å². The molecule has 624 valence electrons. The van der Waals surface area contributed by atoms with Crippen LogP contribution >= 0.6 is 24.0 Å². The molecule has 0 amide bonds. The van der Waals surface area contributed by atoms with E-state index in [4.69, 9.17) is 23.7 Å². The zero-order valence-corrected chi connectivity index (χ0v) is 72.9. The van der Waals surface area contributed by atoms with Gasteiger partial charge in [0, 0.05) is 190 Å². The SMILES string of the molecule is CCc1cc(CN2CCN(CC)CCN(Cc3cc(CC)cc(C(=O)OC)n3)CCN(CC)CC2)nc(C(=O)OC)c1.CCc1cc(CN2CCN(CC)CCNCCN(CC)CC2)nc(C(=O)OC)c1.CCc1cc(CN2CCNCCN(Cc3cc(CC)cc(C(=O)OC)n3)CCN(CC)CC2)nc(C(=O)OC)c1.I. The van der Waals surface area contributed by atoms with Crippen LogP contribution in [-0.2, 0) is 88.5 Å². The van der Waals surface area contributed by atoms with Crippen molar-refractivity contribution in [2.24, 2.45) is 0 Å². The summed E-state index contributed by atoms with van der Waals surface area (Å²) in [5.74, 6) is -1.94. The normalized spacial score (nSPS) is 17.1. The van der Waals surface area contributed by atoms with Crippen LogP contribution in [0.1, 0.15) is 178 Å². The number of likely N-dealkylation sites (N-methyl/N-ethyl adjacent to an activating group) is 5.